The molecule has 10 heteroatoms. The smallest absolute Gasteiger partial charge is 0.335 e. The molecule has 1 aromatic heterocycles. The fourth-order valence-electron chi connectivity index (χ4n) is 2.72. The minimum Gasteiger partial charge on any atom is -0.488 e. The molecule has 0 radical (unpaired) electrons. The maximum absolute atomic E-state index is 12.8. The van der Waals surface area contributed by atoms with E-state index in [2.05, 4.69) is 10.5 Å². The van der Waals surface area contributed by atoms with Crippen molar-refractivity contribution in [2.24, 2.45) is 0 Å². The van der Waals surface area contributed by atoms with Crippen LogP contribution in [0.3, 0.4) is 0 Å². The van der Waals surface area contributed by atoms with Gasteiger partial charge in [-0.3, -0.25) is 14.9 Å². The molecular weight excluding hydrogens is 394 g/mol. The number of nitro groups is 1. The molecule has 0 aliphatic heterocycles. The molecule has 3 rings (SSSR count). The van der Waals surface area contributed by atoms with Gasteiger partial charge in [-0.1, -0.05) is 11.2 Å². The minimum absolute atomic E-state index is 0.0123. The largest absolute Gasteiger partial charge is 0.488 e. The number of rotatable bonds is 7. The molecule has 1 amide bonds. The van der Waals surface area contributed by atoms with Crippen LogP contribution in [0.5, 0.6) is 5.75 Å². The van der Waals surface area contributed by atoms with Crippen LogP contribution in [-0.4, -0.2) is 27.1 Å². The number of nitrogens with zero attached hydrogens (tertiary/aromatic N) is 2. The molecule has 0 saturated carbocycles. The summed E-state index contributed by atoms with van der Waals surface area (Å²) in [6, 6.07) is 9.29. The van der Waals surface area contributed by atoms with Crippen LogP contribution in [0.2, 0.25) is 0 Å². The molecule has 0 spiro atoms. The highest BCUT2D eigenvalue weighted by molar-refractivity contribution is 6.07. The highest BCUT2D eigenvalue weighted by Crippen LogP contribution is 2.27. The van der Waals surface area contributed by atoms with Crippen LogP contribution < -0.4 is 10.1 Å². The van der Waals surface area contributed by atoms with Gasteiger partial charge in [0, 0.05) is 17.8 Å². The van der Waals surface area contributed by atoms with Crippen molar-refractivity contribution in [3.63, 3.8) is 0 Å². The number of non-ortho nitro benzene ring substituents is 1. The first-order chi connectivity index (χ1) is 14.3. The minimum atomic E-state index is -1.15. The van der Waals surface area contributed by atoms with E-state index in [1.807, 2.05) is 0 Å². The maximum atomic E-state index is 12.8. The molecule has 0 bridgehead atoms. The van der Waals surface area contributed by atoms with E-state index in [1.165, 1.54) is 36.4 Å². The predicted molar refractivity (Wildman–Crippen MR) is 105 cm³/mol. The van der Waals surface area contributed by atoms with Crippen LogP contribution >= 0.6 is 0 Å². The first-order valence-electron chi connectivity index (χ1n) is 8.74. The summed E-state index contributed by atoms with van der Waals surface area (Å²) in [5.74, 6) is -1.15. The van der Waals surface area contributed by atoms with E-state index in [-0.39, 0.29) is 34.9 Å². The second-order valence-electron chi connectivity index (χ2n) is 6.37. The molecule has 2 N–H and O–H groups in total. The molecule has 0 aliphatic carbocycles. The van der Waals surface area contributed by atoms with Gasteiger partial charge in [0.1, 0.15) is 18.1 Å². The molecule has 3 aromatic rings. The number of ether oxygens (including phenoxy) is 1. The van der Waals surface area contributed by atoms with Crippen molar-refractivity contribution in [3.8, 4) is 5.75 Å². The number of carbonyl (C=O) groups excluding carboxylic acids is 1. The number of carbonyl (C=O) groups is 2. The Morgan fingerprint density at radius 1 is 1.23 bits per heavy atom. The van der Waals surface area contributed by atoms with Crippen molar-refractivity contribution in [3.05, 3.63) is 80.7 Å². The van der Waals surface area contributed by atoms with Gasteiger partial charge in [0.15, 0.2) is 0 Å². The molecule has 10 nitrogen and oxygen atoms in total. The molecule has 0 unspecified atom stereocenters. The highest BCUT2D eigenvalue weighted by atomic mass is 16.6. The number of nitrogens with one attached hydrogen (secondary N) is 1. The Balaban J connectivity index is 1.89. The van der Waals surface area contributed by atoms with Crippen LogP contribution in [0.25, 0.3) is 0 Å². The van der Waals surface area contributed by atoms with E-state index in [1.54, 1.807) is 13.8 Å². The summed E-state index contributed by atoms with van der Waals surface area (Å²) in [5, 5.41) is 26.6. The predicted octanol–water partition coefficient (Wildman–Crippen LogP) is 3.73. The summed E-state index contributed by atoms with van der Waals surface area (Å²) in [7, 11) is 0. The number of carboxylic acid groups (broad SMARTS) is 1. The first kappa shape index (κ1) is 20.5. The number of hydrogen-bond acceptors (Lipinski definition) is 7. The van der Waals surface area contributed by atoms with Gasteiger partial charge >= 0.3 is 5.97 Å². The highest BCUT2D eigenvalue weighted by Gasteiger charge is 2.20. The number of aromatic nitrogens is 1. The fourth-order valence-corrected chi connectivity index (χ4v) is 2.72. The number of aromatic carboxylic acids is 1. The topological polar surface area (TPSA) is 145 Å². The van der Waals surface area contributed by atoms with E-state index in [9.17, 15) is 19.7 Å². The van der Waals surface area contributed by atoms with Crippen LogP contribution in [-0.2, 0) is 6.61 Å². The van der Waals surface area contributed by atoms with E-state index in [0.717, 1.165) is 6.07 Å². The summed E-state index contributed by atoms with van der Waals surface area (Å²) in [6.45, 7) is 3.51. The summed E-state index contributed by atoms with van der Waals surface area (Å²) < 4.78 is 10.8. The van der Waals surface area contributed by atoms with Crippen molar-refractivity contribution in [1.29, 1.82) is 0 Å². The van der Waals surface area contributed by atoms with Crippen LogP contribution in [0, 0.1) is 24.0 Å². The van der Waals surface area contributed by atoms with E-state index in [0.29, 0.717) is 17.0 Å². The maximum Gasteiger partial charge on any atom is 0.335 e. The van der Waals surface area contributed by atoms with Crippen molar-refractivity contribution < 1.29 is 28.9 Å². The zero-order valence-corrected chi connectivity index (χ0v) is 16.0. The molecule has 0 saturated heterocycles. The zero-order valence-electron chi connectivity index (χ0n) is 16.0. The molecule has 0 fully saturated rings. The van der Waals surface area contributed by atoms with E-state index >= 15 is 0 Å². The lowest BCUT2D eigenvalue weighted by Crippen LogP contribution is -2.14. The molecular formula is C20H17N3O7. The van der Waals surface area contributed by atoms with Crippen LogP contribution in [0.15, 0.2) is 47.0 Å². The molecule has 154 valence electrons. The normalized spacial score (nSPS) is 10.5. The number of amides is 1. The Bertz CT molecular complexity index is 1120. The average Bonchev–Trinajstić information content (AvgIpc) is 3.03. The Hall–Kier alpha value is -4.21. The van der Waals surface area contributed by atoms with Gasteiger partial charge in [-0.05, 0) is 38.1 Å². The SMILES string of the molecule is Cc1noc(C)c1COc1ccc([N+](=O)[O-])cc1C(=O)Nc1cccc(C(=O)O)c1. The Labute approximate surface area is 170 Å². The van der Waals surface area contributed by atoms with E-state index < -0.39 is 16.8 Å². The number of carboxylic acids is 1. The van der Waals surface area contributed by atoms with Crippen molar-refractivity contribution in [2.75, 3.05) is 5.32 Å². The number of benzene rings is 2. The Morgan fingerprint density at radius 3 is 2.63 bits per heavy atom. The number of hydrogen-bond donors (Lipinski definition) is 2. The van der Waals surface area contributed by atoms with Gasteiger partial charge in [0.05, 0.1) is 27.3 Å². The Morgan fingerprint density at radius 2 is 2.00 bits per heavy atom. The van der Waals surface area contributed by atoms with Crippen molar-refractivity contribution in [1.82, 2.24) is 5.16 Å². The number of nitro benzene ring substituents is 1. The number of aryl methyl sites for hydroxylation is 2. The van der Waals surface area contributed by atoms with Gasteiger partial charge < -0.3 is 19.7 Å². The second-order valence-corrected chi connectivity index (χ2v) is 6.37. The summed E-state index contributed by atoms with van der Waals surface area (Å²) >= 11 is 0. The lowest BCUT2D eigenvalue weighted by molar-refractivity contribution is -0.384. The van der Waals surface area contributed by atoms with Gasteiger partial charge in [0.2, 0.25) is 0 Å². The second kappa shape index (κ2) is 8.43. The Kier molecular flexibility index (Phi) is 5.77. The first-order valence-corrected chi connectivity index (χ1v) is 8.74. The third-order valence-electron chi connectivity index (χ3n) is 4.34. The molecule has 0 atom stereocenters. The third kappa shape index (κ3) is 4.43. The lowest BCUT2D eigenvalue weighted by Gasteiger charge is -2.12. The molecule has 30 heavy (non-hydrogen) atoms. The summed E-state index contributed by atoms with van der Waals surface area (Å²) in [6.07, 6.45) is 0. The molecule has 0 aliphatic rings. The number of anilines is 1. The standard InChI is InChI=1S/C20H17N3O7/c1-11-17(12(2)30-22-11)10-29-18-7-6-15(23(27)28)9-16(18)19(24)21-14-5-3-4-13(8-14)20(25)26/h3-9H,10H2,1-2H3,(H,21,24)(H,25,26). The van der Waals surface area contributed by atoms with Gasteiger partial charge in [-0.2, -0.15) is 0 Å². The monoisotopic (exact) mass is 411 g/mol. The molecule has 2 aromatic carbocycles. The fraction of sp³-hybridized carbons (Fsp3) is 0.150. The van der Waals surface area contributed by atoms with Gasteiger partial charge in [-0.15, -0.1) is 0 Å². The average molecular weight is 411 g/mol. The zero-order chi connectivity index (χ0) is 21.8. The summed E-state index contributed by atoms with van der Waals surface area (Å²) in [5.41, 5.74) is 1.19. The van der Waals surface area contributed by atoms with Crippen LogP contribution in [0.1, 0.15) is 37.7 Å². The quantitative estimate of drug-likeness (QED) is 0.442. The van der Waals surface area contributed by atoms with Gasteiger partial charge in [-0.25, -0.2) is 4.79 Å². The van der Waals surface area contributed by atoms with Crippen molar-refractivity contribution in [2.45, 2.75) is 20.5 Å². The third-order valence-corrected chi connectivity index (χ3v) is 4.34. The van der Waals surface area contributed by atoms with Crippen LogP contribution in [0.4, 0.5) is 11.4 Å². The van der Waals surface area contributed by atoms with Gasteiger partial charge in [0.25, 0.3) is 11.6 Å². The summed E-state index contributed by atoms with van der Waals surface area (Å²) in [4.78, 5) is 34.4. The molecule has 1 heterocycles. The van der Waals surface area contributed by atoms with Crippen molar-refractivity contribution >= 4 is 23.3 Å². The van der Waals surface area contributed by atoms with E-state index in [4.69, 9.17) is 14.4 Å². The lowest BCUT2D eigenvalue weighted by atomic mass is 10.1.